The minimum absolute atomic E-state index is 0.0961. The van der Waals surface area contributed by atoms with E-state index in [-0.39, 0.29) is 18.7 Å². The Morgan fingerprint density at radius 1 is 0.953 bits per heavy atom. The zero-order valence-corrected chi connectivity index (χ0v) is 25.6. The number of carbonyl (C=O) groups excluding carboxylic acids is 5. The molecule has 1 aromatic carbocycles. The molecule has 5 amide bonds. The number of hydrogen-bond acceptors (Lipinski definition) is 7. The van der Waals surface area contributed by atoms with Gasteiger partial charge in [-0.05, 0) is 94.7 Å². The summed E-state index contributed by atoms with van der Waals surface area (Å²) in [5.74, 6) is -0.428. The molecule has 43 heavy (non-hydrogen) atoms. The Bertz CT molecular complexity index is 1180. The van der Waals surface area contributed by atoms with Gasteiger partial charge in [-0.1, -0.05) is 6.07 Å². The van der Waals surface area contributed by atoms with Gasteiger partial charge in [-0.15, -0.1) is 0 Å². The Morgan fingerprint density at radius 3 is 2.35 bits per heavy atom. The lowest BCUT2D eigenvalue weighted by atomic mass is 9.82. The number of likely N-dealkylation sites (tertiary alicyclic amines) is 1. The van der Waals surface area contributed by atoms with Gasteiger partial charge in [-0.25, -0.2) is 0 Å². The smallest absolute Gasteiger partial charge is 0.261 e. The summed E-state index contributed by atoms with van der Waals surface area (Å²) < 4.78 is 0. The molecule has 0 spiro atoms. The molecule has 3 heterocycles. The summed E-state index contributed by atoms with van der Waals surface area (Å²) in [6.45, 7) is 7.37. The van der Waals surface area contributed by atoms with E-state index in [2.05, 4.69) is 20.0 Å². The maximum atomic E-state index is 13.4. The molecule has 4 fully saturated rings. The Labute approximate surface area is 255 Å². The summed E-state index contributed by atoms with van der Waals surface area (Å²) in [5, 5.41) is 2.23. The number of hydrogen-bond donors (Lipinski definition) is 1. The second-order valence-electron chi connectivity index (χ2n) is 12.8. The molecule has 1 N–H and O–H groups in total. The highest BCUT2D eigenvalue weighted by Crippen LogP contribution is 2.32. The van der Waals surface area contributed by atoms with Crippen molar-refractivity contribution >= 4 is 35.7 Å². The summed E-state index contributed by atoms with van der Waals surface area (Å²) in [6, 6.07) is 5.37. The number of anilines is 1. The minimum atomic E-state index is -0.980. The van der Waals surface area contributed by atoms with Crippen LogP contribution in [0.15, 0.2) is 18.2 Å². The van der Waals surface area contributed by atoms with Crippen LogP contribution in [0.5, 0.6) is 0 Å². The zero-order chi connectivity index (χ0) is 30.3. The van der Waals surface area contributed by atoms with Crippen LogP contribution < -0.4 is 10.2 Å². The number of piperazine rings is 1. The first-order valence-corrected chi connectivity index (χ1v) is 16.3. The van der Waals surface area contributed by atoms with Crippen LogP contribution >= 0.6 is 0 Å². The lowest BCUT2D eigenvalue weighted by molar-refractivity contribution is -0.139. The summed E-state index contributed by atoms with van der Waals surface area (Å²) in [7, 11) is 0. The molecule has 3 aliphatic heterocycles. The van der Waals surface area contributed by atoms with Crippen LogP contribution in [0.3, 0.4) is 0 Å². The summed E-state index contributed by atoms with van der Waals surface area (Å²) >= 11 is 0. The maximum absolute atomic E-state index is 13.4. The van der Waals surface area contributed by atoms with Gasteiger partial charge < -0.3 is 9.80 Å². The Balaban J connectivity index is 1.08. The van der Waals surface area contributed by atoms with Gasteiger partial charge in [0.15, 0.2) is 0 Å². The minimum Gasteiger partial charge on any atom is -0.369 e. The van der Waals surface area contributed by atoms with Crippen molar-refractivity contribution in [2.45, 2.75) is 96.1 Å². The lowest BCUT2D eigenvalue weighted by Crippen LogP contribution is -2.54. The molecule has 0 bridgehead atoms. The molecule has 1 unspecified atom stereocenters. The molecular weight excluding hydrogens is 546 g/mol. The van der Waals surface area contributed by atoms with E-state index in [0.29, 0.717) is 30.3 Å². The van der Waals surface area contributed by atoms with Crippen molar-refractivity contribution in [3.8, 4) is 0 Å². The number of rotatable bonds is 9. The van der Waals surface area contributed by atoms with E-state index in [4.69, 9.17) is 0 Å². The molecule has 5 rings (SSSR count). The number of imide groups is 2. The average molecular weight is 594 g/mol. The highest BCUT2D eigenvalue weighted by molar-refractivity contribution is 6.07. The van der Waals surface area contributed by atoms with Crippen molar-refractivity contribution in [1.29, 1.82) is 0 Å². The summed E-state index contributed by atoms with van der Waals surface area (Å²) in [6.07, 6.45) is 12.0. The third-order valence-electron chi connectivity index (χ3n) is 10.1. The second-order valence-corrected chi connectivity index (χ2v) is 12.8. The Morgan fingerprint density at radius 2 is 1.67 bits per heavy atom. The number of carbonyl (C=O) groups is 5. The van der Waals surface area contributed by atoms with Gasteiger partial charge in [0.1, 0.15) is 6.04 Å². The van der Waals surface area contributed by atoms with E-state index in [1.54, 1.807) is 0 Å². The monoisotopic (exact) mass is 593 g/mol. The summed E-state index contributed by atoms with van der Waals surface area (Å²) in [4.78, 5) is 69.6. The van der Waals surface area contributed by atoms with Gasteiger partial charge >= 0.3 is 0 Å². The first-order valence-electron chi connectivity index (χ1n) is 16.3. The average Bonchev–Trinajstić information content (AvgIpc) is 3.03. The van der Waals surface area contributed by atoms with Crippen molar-refractivity contribution in [3.63, 3.8) is 0 Å². The first kappa shape index (κ1) is 31.2. The summed E-state index contributed by atoms with van der Waals surface area (Å²) in [5.41, 5.74) is 2.07. The molecule has 1 aromatic rings. The van der Waals surface area contributed by atoms with Gasteiger partial charge in [0.25, 0.3) is 5.91 Å². The SMILES string of the molecule is Cc1ccc(N2CCN(C3CCC(CCCC(=O)N4CCCCC4)CC3)CC2)cc1C(=O)N(C=O)C1CCC(=O)NC1=O. The quantitative estimate of drug-likeness (QED) is 0.346. The molecule has 0 radical (unpaired) electrons. The molecule has 10 heteroatoms. The molecule has 1 atom stereocenters. The molecule has 4 aliphatic rings. The van der Waals surface area contributed by atoms with Crippen LogP contribution in [0.4, 0.5) is 5.69 Å². The number of benzene rings is 1. The largest absolute Gasteiger partial charge is 0.369 e. The maximum Gasteiger partial charge on any atom is 0.261 e. The molecule has 0 aromatic heterocycles. The predicted molar refractivity (Wildman–Crippen MR) is 163 cm³/mol. The zero-order valence-electron chi connectivity index (χ0n) is 25.6. The van der Waals surface area contributed by atoms with Gasteiger partial charge in [-0.3, -0.25) is 39.1 Å². The lowest BCUT2D eigenvalue weighted by Gasteiger charge is -2.43. The van der Waals surface area contributed by atoms with Gasteiger partial charge in [0.05, 0.1) is 0 Å². The Hall–Kier alpha value is -3.27. The molecule has 1 saturated carbocycles. The van der Waals surface area contributed by atoms with Crippen LogP contribution in [-0.4, -0.2) is 96.1 Å². The van der Waals surface area contributed by atoms with Crippen molar-refractivity contribution < 1.29 is 24.0 Å². The molecule has 10 nitrogen and oxygen atoms in total. The van der Waals surface area contributed by atoms with Crippen molar-refractivity contribution in [2.75, 3.05) is 44.2 Å². The fraction of sp³-hybridized carbons (Fsp3) is 0.667. The topological polar surface area (TPSA) is 110 Å². The molecular formula is C33H47N5O5. The van der Waals surface area contributed by atoms with Gasteiger partial charge in [-0.2, -0.15) is 0 Å². The predicted octanol–water partition coefficient (Wildman–Crippen LogP) is 3.26. The fourth-order valence-corrected chi connectivity index (χ4v) is 7.37. The molecule has 3 saturated heterocycles. The number of nitrogens with zero attached hydrogens (tertiary/aromatic N) is 4. The third-order valence-corrected chi connectivity index (χ3v) is 10.1. The van der Waals surface area contributed by atoms with Crippen LogP contribution in [-0.2, 0) is 19.2 Å². The van der Waals surface area contributed by atoms with E-state index in [1.165, 1.54) is 38.5 Å². The van der Waals surface area contributed by atoms with Crippen LogP contribution in [0.25, 0.3) is 0 Å². The number of aryl methyl sites for hydroxylation is 1. The van der Waals surface area contributed by atoms with E-state index < -0.39 is 17.9 Å². The standard InChI is InChI=1S/C33H47N5O5/c1-24-8-11-27(22-28(24)33(43)38(23-39)29-14-15-30(40)34-32(29)42)36-20-18-35(19-21-36)26-12-9-25(10-13-26)6-5-7-31(41)37-16-3-2-4-17-37/h8,11,22-23,25-26,29H,2-7,9-10,12-21H2,1H3,(H,34,40,42). The normalized spacial score (nSPS) is 25.3. The van der Waals surface area contributed by atoms with Crippen molar-refractivity contribution in [1.82, 2.24) is 20.0 Å². The number of amides is 5. The molecule has 234 valence electrons. The molecule has 1 aliphatic carbocycles. The van der Waals surface area contributed by atoms with Gasteiger partial charge in [0.2, 0.25) is 24.1 Å². The Kier molecular flexibility index (Phi) is 10.5. The first-order chi connectivity index (χ1) is 20.8. The van der Waals surface area contributed by atoms with Crippen LogP contribution in [0.1, 0.15) is 93.0 Å². The highest BCUT2D eigenvalue weighted by Gasteiger charge is 2.36. The van der Waals surface area contributed by atoms with E-state index in [0.717, 1.165) is 80.6 Å². The van der Waals surface area contributed by atoms with Crippen molar-refractivity contribution in [3.05, 3.63) is 29.3 Å². The van der Waals surface area contributed by atoms with Crippen molar-refractivity contribution in [2.24, 2.45) is 5.92 Å². The van der Waals surface area contributed by atoms with Crippen LogP contribution in [0.2, 0.25) is 0 Å². The van der Waals surface area contributed by atoms with E-state index in [1.807, 2.05) is 25.1 Å². The highest BCUT2D eigenvalue weighted by atomic mass is 16.2. The third kappa shape index (κ3) is 7.63. The number of piperidine rings is 2. The van der Waals surface area contributed by atoms with E-state index >= 15 is 0 Å². The number of nitrogens with one attached hydrogen (secondary N) is 1. The van der Waals surface area contributed by atoms with Crippen LogP contribution in [0, 0.1) is 12.8 Å². The second kappa shape index (κ2) is 14.5. The fourth-order valence-electron chi connectivity index (χ4n) is 7.37. The van der Waals surface area contributed by atoms with E-state index in [9.17, 15) is 24.0 Å². The van der Waals surface area contributed by atoms with Gasteiger partial charge in [0, 0.05) is 69.4 Å².